The molecule has 1 aliphatic rings. The number of nitrogens with two attached hydrogens (primary N) is 1. The molecule has 3 nitrogen and oxygen atoms in total. The highest BCUT2D eigenvalue weighted by molar-refractivity contribution is 5.60. The van der Waals surface area contributed by atoms with Gasteiger partial charge in [0.1, 0.15) is 5.82 Å². The van der Waals surface area contributed by atoms with Gasteiger partial charge in [-0.2, -0.15) is 0 Å². The zero-order valence-electron chi connectivity index (χ0n) is 9.29. The van der Waals surface area contributed by atoms with Crippen molar-refractivity contribution in [3.8, 4) is 0 Å². The summed E-state index contributed by atoms with van der Waals surface area (Å²) in [7, 11) is 0. The molecule has 3 N–H and O–H groups in total. The Hall–Kier alpha value is -1.25. The van der Waals surface area contributed by atoms with Gasteiger partial charge in [0.25, 0.3) is 0 Å². The van der Waals surface area contributed by atoms with Crippen molar-refractivity contribution in [2.45, 2.75) is 32.6 Å². The molecule has 0 atom stereocenters. The van der Waals surface area contributed by atoms with E-state index in [4.69, 9.17) is 5.73 Å². The average Bonchev–Trinajstić information content (AvgIpc) is 2.65. The molecule has 82 valence electrons. The molecule has 0 bridgehead atoms. The lowest BCUT2D eigenvalue weighted by Crippen LogP contribution is -2.23. The summed E-state index contributed by atoms with van der Waals surface area (Å²) in [5, 5.41) is 3.36. The molecule has 1 fully saturated rings. The standard InChI is InChI=1S/C12H19N3/c1-12(6-2-3-7-12)9-15-11-10(13)5-4-8-14-11/h4-5,8H,2-3,6-7,9,13H2,1H3,(H,14,15). The summed E-state index contributed by atoms with van der Waals surface area (Å²) in [4.78, 5) is 4.23. The quantitative estimate of drug-likeness (QED) is 0.797. The van der Waals surface area contributed by atoms with Crippen LogP contribution in [0.2, 0.25) is 0 Å². The van der Waals surface area contributed by atoms with E-state index in [9.17, 15) is 0 Å². The first-order valence-electron chi connectivity index (χ1n) is 5.64. The molecule has 0 saturated heterocycles. The molecule has 0 unspecified atom stereocenters. The zero-order chi connectivity index (χ0) is 10.7. The fourth-order valence-electron chi connectivity index (χ4n) is 2.27. The van der Waals surface area contributed by atoms with Crippen LogP contribution in [0.5, 0.6) is 0 Å². The Kier molecular flexibility index (Phi) is 2.80. The van der Waals surface area contributed by atoms with Crippen LogP contribution < -0.4 is 11.1 Å². The lowest BCUT2D eigenvalue weighted by molar-refractivity contribution is 0.361. The third kappa shape index (κ3) is 2.41. The highest BCUT2D eigenvalue weighted by Crippen LogP contribution is 2.37. The molecule has 0 amide bonds. The number of hydrogen-bond donors (Lipinski definition) is 2. The number of nitrogen functional groups attached to an aromatic ring is 1. The van der Waals surface area contributed by atoms with Gasteiger partial charge in [0, 0.05) is 12.7 Å². The Morgan fingerprint density at radius 1 is 1.47 bits per heavy atom. The van der Waals surface area contributed by atoms with E-state index in [0.717, 1.165) is 18.1 Å². The van der Waals surface area contributed by atoms with Crippen molar-refractivity contribution in [1.82, 2.24) is 4.98 Å². The summed E-state index contributed by atoms with van der Waals surface area (Å²) in [6.07, 6.45) is 7.11. The van der Waals surface area contributed by atoms with Gasteiger partial charge in [0.15, 0.2) is 0 Å². The zero-order valence-corrected chi connectivity index (χ0v) is 9.29. The van der Waals surface area contributed by atoms with E-state index in [2.05, 4.69) is 17.2 Å². The van der Waals surface area contributed by atoms with Crippen LogP contribution in [0.4, 0.5) is 11.5 Å². The van der Waals surface area contributed by atoms with Gasteiger partial charge in [-0.15, -0.1) is 0 Å². The molecule has 3 heteroatoms. The molecular weight excluding hydrogens is 186 g/mol. The van der Waals surface area contributed by atoms with E-state index >= 15 is 0 Å². The molecule has 0 spiro atoms. The topological polar surface area (TPSA) is 50.9 Å². The minimum Gasteiger partial charge on any atom is -0.396 e. The largest absolute Gasteiger partial charge is 0.396 e. The third-order valence-electron chi connectivity index (χ3n) is 3.33. The molecule has 1 heterocycles. The number of pyridine rings is 1. The Bertz CT molecular complexity index is 329. The SMILES string of the molecule is CC1(CNc2ncccc2N)CCCC1. The van der Waals surface area contributed by atoms with Crippen LogP contribution in [0.25, 0.3) is 0 Å². The summed E-state index contributed by atoms with van der Waals surface area (Å²) in [6, 6.07) is 3.74. The summed E-state index contributed by atoms with van der Waals surface area (Å²) in [6.45, 7) is 3.32. The summed E-state index contributed by atoms with van der Waals surface area (Å²) >= 11 is 0. The molecule has 1 saturated carbocycles. The fourth-order valence-corrected chi connectivity index (χ4v) is 2.27. The van der Waals surface area contributed by atoms with Gasteiger partial charge in [-0.3, -0.25) is 0 Å². The Balaban J connectivity index is 1.95. The molecule has 0 aliphatic heterocycles. The maximum absolute atomic E-state index is 5.82. The normalized spacial score (nSPS) is 19.0. The average molecular weight is 205 g/mol. The van der Waals surface area contributed by atoms with Crippen LogP contribution in [0, 0.1) is 5.41 Å². The Labute approximate surface area is 91.1 Å². The lowest BCUT2D eigenvalue weighted by atomic mass is 9.89. The van der Waals surface area contributed by atoms with Crippen molar-refractivity contribution in [2.24, 2.45) is 5.41 Å². The monoisotopic (exact) mass is 205 g/mol. The van der Waals surface area contributed by atoms with Crippen molar-refractivity contribution in [3.63, 3.8) is 0 Å². The summed E-state index contributed by atoms with van der Waals surface area (Å²) in [5.41, 5.74) is 6.99. The molecule has 0 radical (unpaired) electrons. The first-order chi connectivity index (χ1) is 7.20. The molecular formula is C12H19N3. The lowest BCUT2D eigenvalue weighted by Gasteiger charge is -2.24. The van der Waals surface area contributed by atoms with Crippen molar-refractivity contribution in [2.75, 3.05) is 17.6 Å². The van der Waals surface area contributed by atoms with Crippen molar-refractivity contribution >= 4 is 11.5 Å². The molecule has 15 heavy (non-hydrogen) atoms. The van der Waals surface area contributed by atoms with Crippen molar-refractivity contribution in [1.29, 1.82) is 0 Å². The van der Waals surface area contributed by atoms with Crippen molar-refractivity contribution in [3.05, 3.63) is 18.3 Å². The van der Waals surface area contributed by atoms with Gasteiger partial charge in [-0.1, -0.05) is 19.8 Å². The second-order valence-corrected chi connectivity index (χ2v) is 4.81. The number of aromatic nitrogens is 1. The highest BCUT2D eigenvalue weighted by atomic mass is 15.0. The van der Waals surface area contributed by atoms with Gasteiger partial charge in [-0.25, -0.2) is 4.98 Å². The maximum atomic E-state index is 5.82. The van der Waals surface area contributed by atoms with Gasteiger partial charge < -0.3 is 11.1 Å². The van der Waals surface area contributed by atoms with Crippen LogP contribution in [0.1, 0.15) is 32.6 Å². The van der Waals surface area contributed by atoms with E-state index in [0.29, 0.717) is 5.41 Å². The first kappa shape index (κ1) is 10.3. The first-order valence-corrected chi connectivity index (χ1v) is 5.64. The minimum atomic E-state index is 0.434. The van der Waals surface area contributed by atoms with Gasteiger partial charge in [0.05, 0.1) is 5.69 Å². The van der Waals surface area contributed by atoms with Crippen LogP contribution in [-0.4, -0.2) is 11.5 Å². The minimum absolute atomic E-state index is 0.434. The van der Waals surface area contributed by atoms with Gasteiger partial charge in [-0.05, 0) is 30.4 Å². The number of hydrogen-bond acceptors (Lipinski definition) is 3. The fraction of sp³-hybridized carbons (Fsp3) is 0.583. The second kappa shape index (κ2) is 4.09. The summed E-state index contributed by atoms with van der Waals surface area (Å²) in [5.74, 6) is 0.825. The second-order valence-electron chi connectivity index (χ2n) is 4.81. The highest BCUT2D eigenvalue weighted by Gasteiger charge is 2.28. The van der Waals surface area contributed by atoms with Gasteiger partial charge >= 0.3 is 0 Å². The van der Waals surface area contributed by atoms with E-state index in [1.165, 1.54) is 25.7 Å². The van der Waals surface area contributed by atoms with Crippen LogP contribution in [0.3, 0.4) is 0 Å². The molecule has 1 aromatic rings. The van der Waals surface area contributed by atoms with Crippen LogP contribution in [0.15, 0.2) is 18.3 Å². The summed E-state index contributed by atoms with van der Waals surface area (Å²) < 4.78 is 0. The molecule has 1 aromatic heterocycles. The third-order valence-corrected chi connectivity index (χ3v) is 3.33. The maximum Gasteiger partial charge on any atom is 0.149 e. The van der Waals surface area contributed by atoms with E-state index < -0.39 is 0 Å². The number of nitrogens with zero attached hydrogens (tertiary/aromatic N) is 1. The number of rotatable bonds is 3. The van der Waals surface area contributed by atoms with E-state index in [1.54, 1.807) is 6.20 Å². The smallest absolute Gasteiger partial charge is 0.149 e. The van der Waals surface area contributed by atoms with Crippen molar-refractivity contribution < 1.29 is 0 Å². The van der Waals surface area contributed by atoms with E-state index in [-0.39, 0.29) is 0 Å². The van der Waals surface area contributed by atoms with Crippen LogP contribution in [-0.2, 0) is 0 Å². The van der Waals surface area contributed by atoms with E-state index in [1.807, 2.05) is 12.1 Å². The molecule has 2 rings (SSSR count). The van der Waals surface area contributed by atoms with Gasteiger partial charge in [0.2, 0.25) is 0 Å². The number of nitrogens with one attached hydrogen (secondary N) is 1. The number of anilines is 2. The predicted octanol–water partition coefficient (Wildman–Crippen LogP) is 2.66. The van der Waals surface area contributed by atoms with Crippen LogP contribution >= 0.6 is 0 Å². The Morgan fingerprint density at radius 3 is 2.87 bits per heavy atom. The molecule has 1 aliphatic carbocycles. The predicted molar refractivity (Wildman–Crippen MR) is 63.7 cm³/mol. The molecule has 0 aromatic carbocycles. The Morgan fingerprint density at radius 2 is 2.20 bits per heavy atom.